The molecule has 0 fully saturated rings. The van der Waals surface area contributed by atoms with Crippen LogP contribution in [0.2, 0.25) is 0 Å². The summed E-state index contributed by atoms with van der Waals surface area (Å²) in [6.07, 6.45) is -1.15. The maximum atomic E-state index is 11.6. The molecule has 1 atom stereocenters. The zero-order valence-electron chi connectivity index (χ0n) is 9.06. The van der Waals surface area contributed by atoms with Crippen molar-refractivity contribution in [3.63, 3.8) is 0 Å². The van der Waals surface area contributed by atoms with E-state index in [9.17, 15) is 9.59 Å². The molecular weight excluding hydrogens is 226 g/mol. The second kappa shape index (κ2) is 3.89. The van der Waals surface area contributed by atoms with Crippen LogP contribution in [0.3, 0.4) is 0 Å². The van der Waals surface area contributed by atoms with Gasteiger partial charge in [-0.15, -0.1) is 0 Å². The quantitative estimate of drug-likeness (QED) is 0.600. The number of carbonyl (C=O) groups is 2. The van der Waals surface area contributed by atoms with Gasteiger partial charge >= 0.3 is 0 Å². The van der Waals surface area contributed by atoms with Crippen LogP contribution in [0.4, 0.5) is 11.8 Å². The van der Waals surface area contributed by atoms with Crippen molar-refractivity contribution in [2.75, 3.05) is 11.1 Å². The fourth-order valence-electron chi connectivity index (χ4n) is 1.52. The fraction of sp³-hybridized carbons (Fsp3) is 0.333. The van der Waals surface area contributed by atoms with E-state index < -0.39 is 17.9 Å². The number of anilines is 2. The third-order valence-corrected chi connectivity index (χ3v) is 2.23. The zero-order valence-corrected chi connectivity index (χ0v) is 9.06. The van der Waals surface area contributed by atoms with Gasteiger partial charge in [0.2, 0.25) is 11.9 Å². The Morgan fingerprint density at radius 2 is 2.24 bits per heavy atom. The lowest BCUT2D eigenvalue weighted by molar-refractivity contribution is -0.129. The number of carbonyl (C=O) groups excluding carboxylic acids is 2. The first kappa shape index (κ1) is 11.1. The molecule has 5 N–H and O–H groups in total. The van der Waals surface area contributed by atoms with Crippen LogP contribution in [-0.4, -0.2) is 27.9 Å². The highest BCUT2D eigenvalue weighted by Gasteiger charge is 2.31. The van der Waals surface area contributed by atoms with Crippen LogP contribution < -0.4 is 21.5 Å². The summed E-state index contributed by atoms with van der Waals surface area (Å²) < 4.78 is 5.35. The predicted molar refractivity (Wildman–Crippen MR) is 58.0 cm³/mol. The van der Waals surface area contributed by atoms with Crippen LogP contribution in [0.5, 0.6) is 5.75 Å². The summed E-state index contributed by atoms with van der Waals surface area (Å²) in [5.74, 6) is -0.541. The summed E-state index contributed by atoms with van der Waals surface area (Å²) in [5, 5.41) is 2.49. The second-order valence-corrected chi connectivity index (χ2v) is 3.61. The van der Waals surface area contributed by atoms with Gasteiger partial charge in [0.15, 0.2) is 17.7 Å². The highest BCUT2D eigenvalue weighted by molar-refractivity contribution is 5.99. The molecule has 0 bridgehead atoms. The average molecular weight is 237 g/mol. The number of hydrogen-bond acceptors (Lipinski definition) is 6. The molecule has 0 saturated heterocycles. The normalized spacial score (nSPS) is 17.9. The van der Waals surface area contributed by atoms with Crippen LogP contribution in [0.25, 0.3) is 0 Å². The summed E-state index contributed by atoms with van der Waals surface area (Å²) in [4.78, 5) is 30.1. The molecule has 0 radical (unpaired) electrons. The second-order valence-electron chi connectivity index (χ2n) is 3.61. The molecular formula is C9H11N5O3. The van der Waals surface area contributed by atoms with E-state index in [-0.39, 0.29) is 18.2 Å². The van der Waals surface area contributed by atoms with Crippen molar-refractivity contribution in [2.24, 2.45) is 5.73 Å². The molecule has 0 aliphatic carbocycles. The van der Waals surface area contributed by atoms with E-state index in [1.807, 2.05) is 0 Å². The first-order valence-corrected chi connectivity index (χ1v) is 4.87. The molecule has 90 valence electrons. The number of ether oxygens (including phenoxy) is 1. The number of fused-ring (bicyclic) bond motifs is 1. The van der Waals surface area contributed by atoms with E-state index in [2.05, 4.69) is 15.3 Å². The highest BCUT2D eigenvalue weighted by atomic mass is 16.5. The van der Waals surface area contributed by atoms with Gasteiger partial charge < -0.3 is 21.5 Å². The van der Waals surface area contributed by atoms with Gasteiger partial charge in [0.25, 0.3) is 5.91 Å². The van der Waals surface area contributed by atoms with Crippen LogP contribution >= 0.6 is 0 Å². The van der Waals surface area contributed by atoms with Gasteiger partial charge in [0.1, 0.15) is 0 Å². The summed E-state index contributed by atoms with van der Waals surface area (Å²) in [6.45, 7) is 1.66. The number of aryl methyl sites for hydroxylation is 1. The number of aromatic nitrogens is 2. The molecule has 1 unspecified atom stereocenters. The molecule has 8 nitrogen and oxygen atoms in total. The highest BCUT2D eigenvalue weighted by Crippen LogP contribution is 2.31. The minimum absolute atomic E-state index is 0.0403. The standard InChI is InChI=1S/C9H11N5O3/c1-3-6-7(14-9(11)12-3)13-8(16)4(17-6)2-5(10)15/h4H,2H2,1H3,(H2,10,15)(H3,11,12,13,14,16). The number of hydrogen-bond donors (Lipinski definition) is 3. The van der Waals surface area contributed by atoms with E-state index in [4.69, 9.17) is 16.2 Å². The molecule has 17 heavy (non-hydrogen) atoms. The Morgan fingerprint density at radius 3 is 2.88 bits per heavy atom. The van der Waals surface area contributed by atoms with E-state index in [0.717, 1.165) is 0 Å². The monoisotopic (exact) mass is 237 g/mol. The Hall–Kier alpha value is -2.38. The lowest BCUT2D eigenvalue weighted by atomic mass is 10.2. The van der Waals surface area contributed by atoms with Crippen LogP contribution in [0.15, 0.2) is 0 Å². The predicted octanol–water partition coefficient (Wildman–Crippen LogP) is -1.06. The Labute approximate surface area is 96.4 Å². The summed E-state index contributed by atoms with van der Waals surface area (Å²) in [5.41, 5.74) is 10.9. The SMILES string of the molecule is Cc1nc(N)nc2c1OC(CC(N)=O)C(=O)N2. The van der Waals surface area contributed by atoms with Gasteiger partial charge in [-0.2, -0.15) is 4.98 Å². The van der Waals surface area contributed by atoms with E-state index in [1.165, 1.54) is 0 Å². The van der Waals surface area contributed by atoms with Crippen molar-refractivity contribution in [3.8, 4) is 5.75 Å². The van der Waals surface area contributed by atoms with E-state index in [1.54, 1.807) is 6.92 Å². The van der Waals surface area contributed by atoms with Gasteiger partial charge in [0.05, 0.1) is 12.1 Å². The number of nitrogen functional groups attached to an aromatic ring is 1. The molecule has 0 spiro atoms. The number of amides is 2. The van der Waals surface area contributed by atoms with Crippen LogP contribution in [0.1, 0.15) is 12.1 Å². The molecule has 1 aromatic heterocycles. The Kier molecular flexibility index (Phi) is 2.54. The summed E-state index contributed by atoms with van der Waals surface area (Å²) in [7, 11) is 0. The van der Waals surface area contributed by atoms with Crippen molar-refractivity contribution in [1.82, 2.24) is 9.97 Å². The summed E-state index contributed by atoms with van der Waals surface area (Å²) in [6, 6.07) is 0. The van der Waals surface area contributed by atoms with Crippen molar-refractivity contribution in [1.29, 1.82) is 0 Å². The van der Waals surface area contributed by atoms with Crippen molar-refractivity contribution in [2.45, 2.75) is 19.4 Å². The number of nitrogens with one attached hydrogen (secondary N) is 1. The van der Waals surface area contributed by atoms with Crippen molar-refractivity contribution < 1.29 is 14.3 Å². The Balaban J connectivity index is 2.34. The molecule has 1 aromatic rings. The van der Waals surface area contributed by atoms with E-state index in [0.29, 0.717) is 11.4 Å². The van der Waals surface area contributed by atoms with Gasteiger partial charge in [0, 0.05) is 0 Å². The number of primary amides is 1. The zero-order chi connectivity index (χ0) is 12.6. The molecule has 0 saturated carbocycles. The maximum absolute atomic E-state index is 11.6. The van der Waals surface area contributed by atoms with Crippen molar-refractivity contribution in [3.05, 3.63) is 5.69 Å². The largest absolute Gasteiger partial charge is 0.474 e. The van der Waals surface area contributed by atoms with Gasteiger partial charge in [-0.25, -0.2) is 4.98 Å². The number of nitrogens with zero attached hydrogens (tertiary/aromatic N) is 2. The molecule has 1 aliphatic rings. The maximum Gasteiger partial charge on any atom is 0.267 e. The van der Waals surface area contributed by atoms with Crippen LogP contribution in [-0.2, 0) is 9.59 Å². The minimum atomic E-state index is -0.953. The van der Waals surface area contributed by atoms with Gasteiger partial charge in [-0.1, -0.05) is 0 Å². The lowest BCUT2D eigenvalue weighted by Gasteiger charge is -2.25. The van der Waals surface area contributed by atoms with Crippen molar-refractivity contribution >= 4 is 23.6 Å². The topological polar surface area (TPSA) is 133 Å². The smallest absolute Gasteiger partial charge is 0.267 e. The molecule has 2 rings (SSSR count). The first-order valence-electron chi connectivity index (χ1n) is 4.87. The molecule has 2 heterocycles. The average Bonchev–Trinajstić information content (AvgIpc) is 2.19. The number of nitrogens with two attached hydrogens (primary N) is 2. The van der Waals surface area contributed by atoms with Crippen LogP contribution in [0, 0.1) is 6.92 Å². The van der Waals surface area contributed by atoms with Gasteiger partial charge in [-0.3, -0.25) is 9.59 Å². The molecule has 2 amide bonds. The Morgan fingerprint density at radius 1 is 1.53 bits per heavy atom. The third kappa shape index (κ3) is 2.10. The van der Waals surface area contributed by atoms with E-state index >= 15 is 0 Å². The molecule has 1 aliphatic heterocycles. The number of rotatable bonds is 2. The van der Waals surface area contributed by atoms with Gasteiger partial charge in [-0.05, 0) is 6.92 Å². The minimum Gasteiger partial charge on any atom is -0.474 e. The molecule has 0 aromatic carbocycles. The first-order chi connectivity index (χ1) is 7.97. The Bertz CT molecular complexity index is 502. The summed E-state index contributed by atoms with van der Waals surface area (Å²) >= 11 is 0. The fourth-order valence-corrected chi connectivity index (χ4v) is 1.52. The molecule has 8 heteroatoms. The third-order valence-electron chi connectivity index (χ3n) is 2.23. The lowest BCUT2D eigenvalue weighted by Crippen LogP contribution is -2.40.